The van der Waals surface area contributed by atoms with Crippen LogP contribution < -0.4 is 0 Å². The molecule has 0 radical (unpaired) electrons. The molecule has 2 heteroatoms. The van der Waals surface area contributed by atoms with E-state index in [1.807, 2.05) is 4.94 Å². The van der Waals surface area contributed by atoms with Gasteiger partial charge in [0.1, 0.15) is 0 Å². The van der Waals surface area contributed by atoms with Crippen LogP contribution in [0.3, 0.4) is 0 Å². The molecule has 1 saturated carbocycles. The monoisotopic (exact) mass is 220 g/mol. The molecule has 0 amide bonds. The molecule has 0 unspecified atom stereocenters. The van der Waals surface area contributed by atoms with Gasteiger partial charge in [0.15, 0.2) is 0 Å². The molecule has 1 fully saturated rings. The van der Waals surface area contributed by atoms with Gasteiger partial charge in [0.25, 0.3) is 0 Å². The molecule has 1 nitrogen and oxygen atoms in total. The minimum absolute atomic E-state index is 0.706. The second-order valence-corrected chi connectivity index (χ2v) is 8.41. The van der Waals surface area contributed by atoms with Crippen LogP contribution in [0.15, 0.2) is 0 Å². The van der Waals surface area contributed by atoms with Gasteiger partial charge in [-0.15, -0.1) is 0 Å². The molecular weight excluding hydrogens is 207 g/mol. The number of hydrogen-bond acceptors (Lipinski definition) is 1. The van der Waals surface area contributed by atoms with Crippen molar-refractivity contribution in [1.82, 2.24) is 0 Å². The average molecular weight is 219 g/mol. The summed E-state index contributed by atoms with van der Waals surface area (Å²) in [6.45, 7) is 0. The van der Waals surface area contributed by atoms with Gasteiger partial charge in [-0.2, -0.15) is 0 Å². The van der Waals surface area contributed by atoms with E-state index < -0.39 is 19.7 Å². The van der Waals surface area contributed by atoms with Crippen molar-refractivity contribution in [2.75, 3.05) is 0 Å². The Hall–Kier alpha value is 0.599. The van der Waals surface area contributed by atoms with Crippen molar-refractivity contribution in [1.29, 1.82) is 0 Å². The summed E-state index contributed by atoms with van der Waals surface area (Å²) < 4.78 is 11.6. The first-order valence-corrected chi connectivity index (χ1v) is 8.98. The molecule has 8 heavy (non-hydrogen) atoms. The van der Waals surface area contributed by atoms with E-state index in [-0.39, 0.29) is 0 Å². The summed E-state index contributed by atoms with van der Waals surface area (Å²) in [5.41, 5.74) is 0. The first-order chi connectivity index (χ1) is 3.80. The molecular formula is C6H12OSn. The summed E-state index contributed by atoms with van der Waals surface area (Å²) in [4.78, 5) is 1.98. The van der Waals surface area contributed by atoms with Gasteiger partial charge in [-0.1, -0.05) is 0 Å². The van der Waals surface area contributed by atoms with Gasteiger partial charge in [0.05, 0.1) is 0 Å². The van der Waals surface area contributed by atoms with Crippen molar-refractivity contribution >= 4 is 19.7 Å². The standard InChI is InChI=1S/C5H9.CH3.O.Sn/c1-2-4-5-3-1;;;/h1H,2-5H2;1H3;;. The Kier molecular flexibility index (Phi) is 2.47. The second-order valence-electron chi connectivity index (χ2n) is 2.59. The Morgan fingerprint density at radius 3 is 2.12 bits per heavy atom. The molecule has 0 saturated heterocycles. The van der Waals surface area contributed by atoms with Gasteiger partial charge < -0.3 is 0 Å². The molecule has 0 aromatic carbocycles. The van der Waals surface area contributed by atoms with Gasteiger partial charge in [-0.25, -0.2) is 0 Å². The van der Waals surface area contributed by atoms with Gasteiger partial charge in [0.2, 0.25) is 0 Å². The molecule has 0 aromatic rings. The number of hydrogen-bond donors (Lipinski definition) is 0. The average Bonchev–Trinajstić information content (AvgIpc) is 2.12. The normalized spacial score (nSPS) is 21.6. The zero-order chi connectivity index (χ0) is 5.98. The van der Waals surface area contributed by atoms with E-state index in [1.54, 1.807) is 0 Å². The van der Waals surface area contributed by atoms with Gasteiger partial charge in [-0.05, 0) is 0 Å². The Morgan fingerprint density at radius 1 is 1.38 bits per heavy atom. The summed E-state index contributed by atoms with van der Waals surface area (Å²) in [6.07, 6.45) is 5.22. The van der Waals surface area contributed by atoms with E-state index in [4.69, 9.17) is 0 Å². The summed E-state index contributed by atoms with van der Waals surface area (Å²) in [6, 6.07) is 0. The first kappa shape index (κ1) is 6.71. The van der Waals surface area contributed by atoms with Crippen LogP contribution in [-0.4, -0.2) is 19.7 Å². The van der Waals surface area contributed by atoms with Crippen LogP contribution in [0.25, 0.3) is 0 Å². The fraction of sp³-hybridized carbons (Fsp3) is 1.00. The zero-order valence-corrected chi connectivity index (χ0v) is 8.17. The summed E-state index contributed by atoms with van der Waals surface area (Å²) in [5, 5.41) is 0. The van der Waals surface area contributed by atoms with Crippen molar-refractivity contribution < 1.29 is 3.08 Å². The zero-order valence-electron chi connectivity index (χ0n) is 5.31. The molecule has 46 valence electrons. The molecule has 1 aliphatic rings. The molecule has 0 heterocycles. The van der Waals surface area contributed by atoms with E-state index in [2.05, 4.69) is 0 Å². The van der Waals surface area contributed by atoms with Crippen molar-refractivity contribution in [3.05, 3.63) is 0 Å². The quantitative estimate of drug-likeness (QED) is 0.616. The van der Waals surface area contributed by atoms with E-state index in [9.17, 15) is 3.08 Å². The molecule has 0 aromatic heterocycles. The Labute approximate surface area is 57.6 Å². The molecule has 1 aliphatic carbocycles. The van der Waals surface area contributed by atoms with Crippen LogP contribution >= 0.6 is 0 Å². The fourth-order valence-electron chi connectivity index (χ4n) is 1.33. The molecule has 0 atom stereocenters. The molecule has 0 spiro atoms. The summed E-state index contributed by atoms with van der Waals surface area (Å²) in [7, 11) is 0. The predicted molar refractivity (Wildman–Crippen MR) is 34.5 cm³/mol. The molecule has 0 aliphatic heterocycles. The SMILES string of the molecule is [CH3][Sn](=[O])[CH]1CCCC1. The van der Waals surface area contributed by atoms with Gasteiger partial charge in [0, 0.05) is 0 Å². The third-order valence-electron chi connectivity index (χ3n) is 1.93. The van der Waals surface area contributed by atoms with Crippen molar-refractivity contribution in [3.8, 4) is 0 Å². The molecule has 0 N–H and O–H groups in total. The Balaban J connectivity index is 2.35. The van der Waals surface area contributed by atoms with Gasteiger partial charge >= 0.3 is 57.4 Å². The first-order valence-electron chi connectivity index (χ1n) is 3.31. The molecule has 1 rings (SSSR count). The van der Waals surface area contributed by atoms with Gasteiger partial charge in [-0.3, -0.25) is 0 Å². The van der Waals surface area contributed by atoms with E-state index in [1.165, 1.54) is 25.7 Å². The maximum atomic E-state index is 10.9. The van der Waals surface area contributed by atoms with Crippen LogP contribution in [0.1, 0.15) is 25.7 Å². The van der Waals surface area contributed by atoms with E-state index in [0.717, 1.165) is 0 Å². The fourth-order valence-corrected chi connectivity index (χ4v) is 4.82. The van der Waals surface area contributed by atoms with E-state index >= 15 is 0 Å². The Morgan fingerprint density at radius 2 is 1.88 bits per heavy atom. The van der Waals surface area contributed by atoms with Crippen molar-refractivity contribution in [2.45, 2.75) is 34.6 Å². The Bertz CT molecular complexity index is 94.7. The van der Waals surface area contributed by atoms with Crippen LogP contribution in [0.4, 0.5) is 0 Å². The maximum absolute atomic E-state index is 10.9. The number of rotatable bonds is 1. The minimum atomic E-state index is -1.96. The second kappa shape index (κ2) is 2.95. The molecule has 0 bridgehead atoms. The van der Waals surface area contributed by atoms with E-state index in [0.29, 0.717) is 3.93 Å². The third kappa shape index (κ3) is 1.54. The van der Waals surface area contributed by atoms with Crippen molar-refractivity contribution in [2.24, 2.45) is 0 Å². The van der Waals surface area contributed by atoms with Crippen LogP contribution in [0, 0.1) is 0 Å². The van der Waals surface area contributed by atoms with Crippen molar-refractivity contribution in [3.63, 3.8) is 0 Å². The van der Waals surface area contributed by atoms with Crippen LogP contribution in [-0.2, 0) is 3.08 Å². The summed E-state index contributed by atoms with van der Waals surface area (Å²) in [5.74, 6) is 0. The van der Waals surface area contributed by atoms with Crippen LogP contribution in [0.2, 0.25) is 8.87 Å². The third-order valence-corrected chi connectivity index (χ3v) is 6.86. The topological polar surface area (TPSA) is 17.1 Å². The van der Waals surface area contributed by atoms with Crippen LogP contribution in [0.5, 0.6) is 0 Å². The predicted octanol–water partition coefficient (Wildman–Crippen LogP) is 1.98. The summed E-state index contributed by atoms with van der Waals surface area (Å²) >= 11 is -1.96.